The van der Waals surface area contributed by atoms with Gasteiger partial charge in [0.1, 0.15) is 17.2 Å². The summed E-state index contributed by atoms with van der Waals surface area (Å²) >= 11 is 1.60. The number of anilines is 1. The average molecular weight is 434 g/mol. The highest BCUT2D eigenvalue weighted by molar-refractivity contribution is 7.99. The number of nitrogens with zero attached hydrogens (tertiary/aromatic N) is 8. The molecule has 0 aromatic carbocycles. The van der Waals surface area contributed by atoms with Crippen LogP contribution >= 0.6 is 11.8 Å². The molecule has 2 N–H and O–H groups in total. The lowest BCUT2D eigenvalue weighted by atomic mass is 9.73. The van der Waals surface area contributed by atoms with Crippen LogP contribution in [0.2, 0.25) is 0 Å². The third kappa shape index (κ3) is 3.01. The van der Waals surface area contributed by atoms with Gasteiger partial charge in [-0.15, -0.1) is 10.2 Å². The molecule has 0 aliphatic carbocycles. The first-order valence-electron chi connectivity index (χ1n) is 10.4. The Balaban J connectivity index is 1.14. The third-order valence-corrected chi connectivity index (χ3v) is 7.85. The monoisotopic (exact) mass is 433 g/mol. The van der Waals surface area contributed by atoms with Crippen molar-refractivity contribution in [3.05, 3.63) is 54.5 Å². The van der Waals surface area contributed by atoms with E-state index >= 15 is 0 Å². The Kier molecular flexibility index (Phi) is 4.25. The molecule has 1 atom stereocenters. The number of fused-ring (bicyclic) bond motifs is 2. The molecule has 9 nitrogen and oxygen atoms in total. The van der Waals surface area contributed by atoms with Crippen LogP contribution in [-0.4, -0.2) is 47.4 Å². The van der Waals surface area contributed by atoms with Gasteiger partial charge in [-0.1, -0.05) is 11.8 Å². The number of hydrogen-bond donors (Lipinski definition) is 1. The minimum absolute atomic E-state index is 0.0628. The van der Waals surface area contributed by atoms with Crippen LogP contribution in [0.5, 0.6) is 0 Å². The Morgan fingerprint density at radius 2 is 2.03 bits per heavy atom. The summed E-state index contributed by atoms with van der Waals surface area (Å²) < 4.78 is 3.99. The minimum atomic E-state index is 0.0628. The van der Waals surface area contributed by atoms with Gasteiger partial charge in [0.05, 0.1) is 24.1 Å². The van der Waals surface area contributed by atoms with Crippen LogP contribution in [0.3, 0.4) is 0 Å². The van der Waals surface area contributed by atoms with Gasteiger partial charge in [-0.2, -0.15) is 5.10 Å². The molecule has 2 aliphatic heterocycles. The van der Waals surface area contributed by atoms with E-state index < -0.39 is 0 Å². The quantitative estimate of drug-likeness (QED) is 0.526. The molecule has 31 heavy (non-hydrogen) atoms. The van der Waals surface area contributed by atoms with Crippen molar-refractivity contribution >= 4 is 23.2 Å². The molecule has 2 aliphatic rings. The molecule has 0 unspecified atom stereocenters. The molecule has 1 saturated heterocycles. The van der Waals surface area contributed by atoms with Crippen molar-refractivity contribution < 1.29 is 0 Å². The van der Waals surface area contributed by atoms with Crippen LogP contribution in [0.15, 0.2) is 53.2 Å². The molecule has 0 saturated carbocycles. The van der Waals surface area contributed by atoms with Crippen LogP contribution in [-0.2, 0) is 6.54 Å². The molecule has 4 aromatic rings. The molecule has 0 amide bonds. The van der Waals surface area contributed by atoms with Crippen molar-refractivity contribution in [3.63, 3.8) is 0 Å². The van der Waals surface area contributed by atoms with Crippen LogP contribution in [0.1, 0.15) is 30.1 Å². The lowest BCUT2D eigenvalue weighted by Crippen LogP contribution is -2.45. The van der Waals surface area contributed by atoms with Gasteiger partial charge in [0.2, 0.25) is 0 Å². The van der Waals surface area contributed by atoms with Gasteiger partial charge in [-0.3, -0.25) is 9.08 Å². The molecule has 0 radical (unpaired) electrons. The van der Waals surface area contributed by atoms with Gasteiger partial charge in [0.15, 0.2) is 5.65 Å². The molecule has 0 bridgehead atoms. The van der Waals surface area contributed by atoms with Gasteiger partial charge in [-0.05, 0) is 31.9 Å². The van der Waals surface area contributed by atoms with Crippen LogP contribution < -0.4 is 10.6 Å². The standard InChI is InChI=1S/C21H23N9S/c1-14-16(3-7-29-13-25-27-20(14)29)31-18-11-23-17(10-24-18)28-8-4-21(5-9-28)12-30-15(19(21)22)2-6-26-30/h2-3,6-7,10-11,13,19H,4-5,8-9,12,22H2,1H3/t19-/m1/s1. The lowest BCUT2D eigenvalue weighted by Gasteiger charge is -2.41. The van der Waals surface area contributed by atoms with E-state index in [9.17, 15) is 0 Å². The molecule has 6 rings (SSSR count). The SMILES string of the molecule is Cc1c(Sc2cnc(N3CCC4(CC3)Cn3nccc3[C@H]4N)cn2)ccn2cnnc12. The summed E-state index contributed by atoms with van der Waals surface area (Å²) in [5, 5.41) is 13.5. The van der Waals surface area contributed by atoms with Gasteiger partial charge in [-0.25, -0.2) is 9.97 Å². The van der Waals surface area contributed by atoms with E-state index in [2.05, 4.69) is 48.9 Å². The van der Waals surface area contributed by atoms with Crippen molar-refractivity contribution in [1.82, 2.24) is 34.3 Å². The first-order chi connectivity index (χ1) is 15.1. The zero-order chi connectivity index (χ0) is 21.0. The van der Waals surface area contributed by atoms with Crippen LogP contribution in [0.4, 0.5) is 5.82 Å². The Morgan fingerprint density at radius 1 is 1.16 bits per heavy atom. The van der Waals surface area contributed by atoms with Crippen molar-refractivity contribution in [2.75, 3.05) is 18.0 Å². The number of hydrogen-bond acceptors (Lipinski definition) is 8. The molecule has 6 heterocycles. The summed E-state index contributed by atoms with van der Waals surface area (Å²) in [5.74, 6) is 0.924. The first kappa shape index (κ1) is 18.8. The highest BCUT2D eigenvalue weighted by Gasteiger charge is 2.46. The maximum absolute atomic E-state index is 6.60. The van der Waals surface area contributed by atoms with E-state index in [1.165, 1.54) is 0 Å². The van der Waals surface area contributed by atoms with Crippen molar-refractivity contribution in [3.8, 4) is 0 Å². The Labute approximate surface area is 183 Å². The van der Waals surface area contributed by atoms with Gasteiger partial charge in [0, 0.05) is 47.9 Å². The highest BCUT2D eigenvalue weighted by Crippen LogP contribution is 2.47. The van der Waals surface area contributed by atoms with Gasteiger partial charge in [0.25, 0.3) is 0 Å². The number of nitrogens with two attached hydrogens (primary N) is 1. The molecular weight excluding hydrogens is 410 g/mol. The zero-order valence-electron chi connectivity index (χ0n) is 17.2. The van der Waals surface area contributed by atoms with E-state index in [1.807, 2.05) is 29.2 Å². The molecular formula is C21H23N9S. The van der Waals surface area contributed by atoms with E-state index in [1.54, 1.807) is 18.1 Å². The van der Waals surface area contributed by atoms with Gasteiger partial charge >= 0.3 is 0 Å². The lowest BCUT2D eigenvalue weighted by molar-refractivity contribution is 0.170. The first-order valence-corrected chi connectivity index (χ1v) is 11.3. The fraction of sp³-hybridized carbons (Fsp3) is 0.381. The average Bonchev–Trinajstić information content (AvgIpc) is 3.50. The number of pyridine rings is 1. The number of aryl methyl sites for hydroxylation is 1. The predicted molar refractivity (Wildman–Crippen MR) is 117 cm³/mol. The predicted octanol–water partition coefficient (Wildman–Crippen LogP) is 2.48. The highest BCUT2D eigenvalue weighted by atomic mass is 32.2. The van der Waals surface area contributed by atoms with Crippen molar-refractivity contribution in [2.24, 2.45) is 11.1 Å². The molecule has 4 aromatic heterocycles. The van der Waals surface area contributed by atoms with E-state index in [0.29, 0.717) is 0 Å². The number of rotatable bonds is 3. The van der Waals surface area contributed by atoms with E-state index in [0.717, 1.165) is 65.1 Å². The van der Waals surface area contributed by atoms with Crippen molar-refractivity contribution in [1.29, 1.82) is 0 Å². The summed E-state index contributed by atoms with van der Waals surface area (Å²) in [6, 6.07) is 4.18. The Hall–Kier alpha value is -2.98. The summed E-state index contributed by atoms with van der Waals surface area (Å²) in [4.78, 5) is 12.8. The fourth-order valence-corrected chi connectivity index (χ4v) is 5.66. The molecule has 1 spiro atoms. The Bertz CT molecular complexity index is 1240. The normalized spacial score (nSPS) is 19.9. The maximum atomic E-state index is 6.60. The topological polar surface area (TPSA) is 103 Å². The second kappa shape index (κ2) is 7.03. The van der Waals surface area contributed by atoms with Crippen molar-refractivity contribution in [2.45, 2.75) is 42.3 Å². The molecule has 10 heteroatoms. The third-order valence-electron chi connectivity index (χ3n) is 6.77. The summed E-state index contributed by atoms with van der Waals surface area (Å²) in [6.07, 6.45) is 11.3. The fourth-order valence-electron chi connectivity index (χ4n) is 4.85. The van der Waals surface area contributed by atoms with E-state index in [-0.39, 0.29) is 11.5 Å². The van der Waals surface area contributed by atoms with E-state index in [4.69, 9.17) is 10.7 Å². The van der Waals surface area contributed by atoms with Crippen LogP contribution in [0.25, 0.3) is 5.65 Å². The summed E-state index contributed by atoms with van der Waals surface area (Å²) in [7, 11) is 0. The largest absolute Gasteiger partial charge is 0.355 e. The zero-order valence-corrected chi connectivity index (χ0v) is 18.0. The van der Waals surface area contributed by atoms with Gasteiger partial charge < -0.3 is 10.6 Å². The Morgan fingerprint density at radius 3 is 2.81 bits per heavy atom. The summed E-state index contributed by atoms with van der Waals surface area (Å²) in [6.45, 7) is 4.84. The molecule has 1 fully saturated rings. The number of piperidine rings is 1. The maximum Gasteiger partial charge on any atom is 0.164 e. The minimum Gasteiger partial charge on any atom is -0.355 e. The molecule has 158 valence electrons. The second-order valence-corrected chi connectivity index (χ2v) is 9.48. The second-order valence-electron chi connectivity index (χ2n) is 8.42. The van der Waals surface area contributed by atoms with Crippen LogP contribution in [0, 0.1) is 12.3 Å². The number of aromatic nitrogens is 7. The smallest absolute Gasteiger partial charge is 0.164 e. The summed E-state index contributed by atoms with van der Waals surface area (Å²) in [5.41, 5.74) is 9.82.